The van der Waals surface area contributed by atoms with Gasteiger partial charge in [-0.15, -0.1) is 0 Å². The van der Waals surface area contributed by atoms with E-state index in [0.717, 1.165) is 16.8 Å². The summed E-state index contributed by atoms with van der Waals surface area (Å²) in [6.07, 6.45) is 6.78. The molecule has 0 atom stereocenters. The molecule has 0 aliphatic heterocycles. The van der Waals surface area contributed by atoms with Crippen LogP contribution in [0.2, 0.25) is 5.02 Å². The summed E-state index contributed by atoms with van der Waals surface area (Å²) < 4.78 is 1.69. The molecular formula is C20H21ClN6O. The number of benzene rings is 1. The Morgan fingerprint density at radius 1 is 1.36 bits per heavy atom. The van der Waals surface area contributed by atoms with Gasteiger partial charge in [0, 0.05) is 33.3 Å². The molecule has 0 saturated heterocycles. The first kappa shape index (κ1) is 19.6. The van der Waals surface area contributed by atoms with Crippen molar-refractivity contribution in [3.05, 3.63) is 71.7 Å². The Kier molecular flexibility index (Phi) is 6.06. The van der Waals surface area contributed by atoms with Crippen LogP contribution in [0.5, 0.6) is 0 Å². The third-order valence-electron chi connectivity index (χ3n) is 4.07. The van der Waals surface area contributed by atoms with Gasteiger partial charge in [0.15, 0.2) is 11.6 Å². The van der Waals surface area contributed by atoms with Gasteiger partial charge in [-0.2, -0.15) is 10.1 Å². The van der Waals surface area contributed by atoms with Gasteiger partial charge in [0.2, 0.25) is 5.95 Å². The molecule has 0 aliphatic rings. The van der Waals surface area contributed by atoms with Crippen molar-refractivity contribution in [3.8, 4) is 0 Å². The molecule has 28 heavy (non-hydrogen) atoms. The minimum Gasteiger partial charge on any atom is -0.354 e. The van der Waals surface area contributed by atoms with E-state index in [4.69, 9.17) is 11.6 Å². The molecule has 0 spiro atoms. The predicted molar refractivity (Wildman–Crippen MR) is 111 cm³/mol. The predicted octanol–water partition coefficient (Wildman–Crippen LogP) is 3.54. The Bertz CT molecular complexity index is 1000. The van der Waals surface area contributed by atoms with Crippen molar-refractivity contribution in [1.29, 1.82) is 0 Å². The molecule has 0 unspecified atom stereocenters. The maximum absolute atomic E-state index is 11.6. The number of carbonyl (C=O) groups is 1. The normalized spacial score (nSPS) is 10.5. The lowest BCUT2D eigenvalue weighted by Crippen LogP contribution is -2.19. The fourth-order valence-electron chi connectivity index (χ4n) is 2.76. The molecule has 8 heteroatoms. The molecule has 0 aliphatic carbocycles. The van der Waals surface area contributed by atoms with Gasteiger partial charge < -0.3 is 10.2 Å². The van der Waals surface area contributed by atoms with Crippen LogP contribution in [-0.2, 0) is 24.8 Å². The summed E-state index contributed by atoms with van der Waals surface area (Å²) >= 11 is 6.32. The lowest BCUT2D eigenvalue weighted by Gasteiger charge is -2.20. The largest absolute Gasteiger partial charge is 0.354 e. The van der Waals surface area contributed by atoms with Crippen LogP contribution in [0.3, 0.4) is 0 Å². The van der Waals surface area contributed by atoms with Gasteiger partial charge in [-0.3, -0.25) is 9.48 Å². The number of ketones is 1. The summed E-state index contributed by atoms with van der Waals surface area (Å²) in [4.78, 5) is 22.3. The number of halogens is 1. The van der Waals surface area contributed by atoms with Gasteiger partial charge in [0.25, 0.3) is 0 Å². The Labute approximate surface area is 168 Å². The second-order valence-corrected chi connectivity index (χ2v) is 6.82. The quantitative estimate of drug-likeness (QED) is 0.587. The first-order chi connectivity index (χ1) is 13.4. The number of nitrogens with zero attached hydrogens (tertiary/aromatic N) is 5. The topological polar surface area (TPSA) is 75.9 Å². The first-order valence-electron chi connectivity index (χ1n) is 8.67. The van der Waals surface area contributed by atoms with Gasteiger partial charge in [0.05, 0.1) is 18.1 Å². The van der Waals surface area contributed by atoms with Gasteiger partial charge in [-0.1, -0.05) is 42.4 Å². The fourth-order valence-corrected chi connectivity index (χ4v) is 3.00. The number of allylic oxidation sites excluding steroid dienone is 1. The first-order valence-corrected chi connectivity index (χ1v) is 9.05. The van der Waals surface area contributed by atoms with Crippen molar-refractivity contribution < 1.29 is 4.79 Å². The zero-order valence-electron chi connectivity index (χ0n) is 15.8. The zero-order valence-corrected chi connectivity index (χ0v) is 16.5. The van der Waals surface area contributed by atoms with E-state index >= 15 is 0 Å². The fraction of sp³-hybridized carbons (Fsp3) is 0.200. The number of rotatable bonds is 8. The number of aryl methyl sites for hydroxylation is 1. The van der Waals surface area contributed by atoms with Crippen LogP contribution >= 0.6 is 11.6 Å². The van der Waals surface area contributed by atoms with Crippen molar-refractivity contribution in [2.75, 3.05) is 17.3 Å². The minimum absolute atomic E-state index is 0.00420. The van der Waals surface area contributed by atoms with E-state index in [1.54, 1.807) is 17.1 Å². The van der Waals surface area contributed by atoms with Crippen molar-refractivity contribution in [2.24, 2.45) is 7.05 Å². The van der Waals surface area contributed by atoms with Crippen molar-refractivity contribution in [1.82, 2.24) is 19.7 Å². The summed E-state index contributed by atoms with van der Waals surface area (Å²) in [7, 11) is 3.74. The lowest BCUT2D eigenvalue weighted by atomic mass is 10.1. The lowest BCUT2D eigenvalue weighted by molar-refractivity contribution is -0.114. The van der Waals surface area contributed by atoms with E-state index in [1.165, 1.54) is 6.08 Å². The molecule has 1 aromatic carbocycles. The van der Waals surface area contributed by atoms with Crippen molar-refractivity contribution in [2.45, 2.75) is 13.0 Å². The second kappa shape index (κ2) is 8.67. The molecule has 0 bridgehead atoms. The maximum atomic E-state index is 11.6. The van der Waals surface area contributed by atoms with Gasteiger partial charge in [0.1, 0.15) is 5.02 Å². The van der Waals surface area contributed by atoms with Crippen LogP contribution in [0.25, 0.3) is 0 Å². The molecular weight excluding hydrogens is 376 g/mol. The molecule has 7 nitrogen and oxygen atoms in total. The molecule has 0 fully saturated rings. The molecule has 2 aromatic heterocycles. The van der Waals surface area contributed by atoms with Crippen LogP contribution < -0.4 is 10.2 Å². The number of aromatic nitrogens is 4. The smallest absolute Gasteiger partial charge is 0.229 e. The highest BCUT2D eigenvalue weighted by atomic mass is 35.5. The highest BCUT2D eigenvalue weighted by molar-refractivity contribution is 6.32. The zero-order chi connectivity index (χ0) is 20.1. The number of hydrogen-bond donors (Lipinski definition) is 1. The summed E-state index contributed by atoms with van der Waals surface area (Å²) in [6, 6.07) is 7.87. The van der Waals surface area contributed by atoms with Crippen LogP contribution in [0, 0.1) is 0 Å². The Morgan fingerprint density at radius 3 is 2.86 bits per heavy atom. The van der Waals surface area contributed by atoms with Gasteiger partial charge in [-0.05, 0) is 17.2 Å². The highest BCUT2D eigenvalue weighted by Crippen LogP contribution is 2.25. The minimum atomic E-state index is -0.00420. The molecule has 2 heterocycles. The van der Waals surface area contributed by atoms with Gasteiger partial charge >= 0.3 is 0 Å². The molecule has 0 amide bonds. The molecule has 144 valence electrons. The highest BCUT2D eigenvalue weighted by Gasteiger charge is 2.12. The second-order valence-electron chi connectivity index (χ2n) is 6.42. The monoisotopic (exact) mass is 396 g/mol. The molecule has 0 radical (unpaired) electrons. The molecule has 0 saturated carbocycles. The van der Waals surface area contributed by atoms with Crippen LogP contribution in [0.15, 0.2) is 55.5 Å². The summed E-state index contributed by atoms with van der Waals surface area (Å²) in [5, 5.41) is 7.68. The SMILES string of the molecule is C=CC(=O)Cc1cccc(CN(C)c2nc(Nc3cnn(C)c3)ncc2Cl)c1. The van der Waals surface area contributed by atoms with E-state index in [-0.39, 0.29) is 5.78 Å². The maximum Gasteiger partial charge on any atom is 0.229 e. The third-order valence-corrected chi connectivity index (χ3v) is 4.33. The van der Waals surface area contributed by atoms with Crippen LogP contribution in [0.1, 0.15) is 11.1 Å². The third kappa shape index (κ3) is 4.95. The Morgan fingerprint density at radius 2 is 2.14 bits per heavy atom. The summed E-state index contributed by atoms with van der Waals surface area (Å²) in [6.45, 7) is 4.10. The van der Waals surface area contributed by atoms with Crippen molar-refractivity contribution >= 4 is 34.8 Å². The van der Waals surface area contributed by atoms with E-state index in [2.05, 4.69) is 27.0 Å². The van der Waals surface area contributed by atoms with E-state index in [1.807, 2.05) is 49.5 Å². The number of nitrogens with one attached hydrogen (secondary N) is 1. The Hall–Kier alpha value is -3.19. The standard InChI is InChI=1S/C20H21ClN6O/c1-4-17(28)9-14-6-5-7-15(8-14)12-26(2)19-18(21)11-22-20(25-19)24-16-10-23-27(3)13-16/h4-8,10-11,13H,1,9,12H2,2-3H3,(H,22,24,25). The Balaban J connectivity index is 1.75. The molecule has 1 N–H and O–H groups in total. The van der Waals surface area contributed by atoms with E-state index in [9.17, 15) is 4.79 Å². The summed E-state index contributed by atoms with van der Waals surface area (Å²) in [5.74, 6) is 1.04. The average Bonchev–Trinajstić information content (AvgIpc) is 3.08. The number of anilines is 3. The van der Waals surface area contributed by atoms with Crippen molar-refractivity contribution in [3.63, 3.8) is 0 Å². The van der Waals surface area contributed by atoms with Gasteiger partial charge in [-0.25, -0.2) is 4.98 Å². The van der Waals surface area contributed by atoms with E-state index < -0.39 is 0 Å². The molecule has 3 aromatic rings. The summed E-state index contributed by atoms with van der Waals surface area (Å²) in [5.41, 5.74) is 2.79. The number of hydrogen-bond acceptors (Lipinski definition) is 6. The average molecular weight is 397 g/mol. The number of carbonyl (C=O) groups excluding carboxylic acids is 1. The van der Waals surface area contributed by atoms with Crippen LogP contribution in [-0.4, -0.2) is 32.6 Å². The van der Waals surface area contributed by atoms with Crippen LogP contribution in [0.4, 0.5) is 17.5 Å². The van der Waals surface area contributed by atoms with E-state index in [0.29, 0.717) is 29.8 Å². The molecule has 3 rings (SSSR count).